The van der Waals surface area contributed by atoms with E-state index in [9.17, 15) is 19.3 Å². The number of nitrogens with zero attached hydrogens (tertiary/aromatic N) is 3. The van der Waals surface area contributed by atoms with Crippen LogP contribution in [0.25, 0.3) is 6.08 Å². The molecule has 0 saturated carbocycles. The zero-order chi connectivity index (χ0) is 18.0. The summed E-state index contributed by atoms with van der Waals surface area (Å²) in [5.41, 5.74) is 0.519. The first-order chi connectivity index (χ1) is 12.0. The first-order valence-electron chi connectivity index (χ1n) is 7.28. The van der Waals surface area contributed by atoms with Gasteiger partial charge in [0.2, 0.25) is 0 Å². The average molecular weight is 361 g/mol. The van der Waals surface area contributed by atoms with Crippen LogP contribution in [0.3, 0.4) is 0 Å². The highest BCUT2D eigenvalue weighted by atomic mass is 32.2. The number of amides is 1. The van der Waals surface area contributed by atoms with E-state index in [-0.39, 0.29) is 17.5 Å². The van der Waals surface area contributed by atoms with Crippen LogP contribution in [-0.2, 0) is 4.79 Å². The molecule has 7 nitrogen and oxygen atoms in total. The number of carbonyl (C=O) groups excluding carboxylic acids is 1. The molecule has 0 aliphatic carbocycles. The van der Waals surface area contributed by atoms with Gasteiger partial charge in [-0.3, -0.25) is 19.8 Å². The molecule has 0 N–H and O–H groups in total. The van der Waals surface area contributed by atoms with Gasteiger partial charge < -0.3 is 4.42 Å². The minimum absolute atomic E-state index is 0.210. The molecular formula is C16H12FN3O4S. The molecular weight excluding hydrogens is 349 g/mol. The van der Waals surface area contributed by atoms with Gasteiger partial charge in [-0.2, -0.15) is 0 Å². The van der Waals surface area contributed by atoms with Gasteiger partial charge in [-0.25, -0.2) is 9.38 Å². The number of hydrogen-bond acceptors (Lipinski definition) is 6. The summed E-state index contributed by atoms with van der Waals surface area (Å²) in [6.45, 7) is 2.21. The third-order valence-electron chi connectivity index (χ3n) is 3.32. The summed E-state index contributed by atoms with van der Waals surface area (Å²) < 4.78 is 18.0. The number of carbonyl (C=O) groups is 1. The van der Waals surface area contributed by atoms with Crippen LogP contribution in [0.5, 0.6) is 0 Å². The Kier molecular flexibility index (Phi) is 4.66. The van der Waals surface area contributed by atoms with Crippen LogP contribution < -0.4 is 0 Å². The SMILES string of the molecule is CCN1C(=O)/C(=C\c2ccc([N+](=O)[O-])o2)SC1=Nc1ccc(F)cc1. The van der Waals surface area contributed by atoms with Crippen LogP contribution in [0.2, 0.25) is 0 Å². The van der Waals surface area contributed by atoms with Crippen LogP contribution in [0.4, 0.5) is 16.0 Å². The maximum Gasteiger partial charge on any atom is 0.433 e. The number of amidine groups is 1. The van der Waals surface area contributed by atoms with Crippen LogP contribution in [0.15, 0.2) is 50.7 Å². The fourth-order valence-corrected chi connectivity index (χ4v) is 3.19. The highest BCUT2D eigenvalue weighted by Gasteiger charge is 2.32. The summed E-state index contributed by atoms with van der Waals surface area (Å²) >= 11 is 1.13. The Morgan fingerprint density at radius 2 is 2.04 bits per heavy atom. The summed E-state index contributed by atoms with van der Waals surface area (Å²) in [5.74, 6) is -0.824. The van der Waals surface area contributed by atoms with Crippen molar-refractivity contribution in [3.05, 3.63) is 63.0 Å². The second-order valence-electron chi connectivity index (χ2n) is 4.96. The summed E-state index contributed by atoms with van der Waals surface area (Å²) in [7, 11) is 0. The molecule has 128 valence electrons. The fraction of sp³-hybridized carbons (Fsp3) is 0.125. The third-order valence-corrected chi connectivity index (χ3v) is 4.33. The zero-order valence-corrected chi connectivity index (χ0v) is 13.8. The number of benzene rings is 1. The molecule has 1 saturated heterocycles. The molecule has 1 aromatic heterocycles. The van der Waals surface area contributed by atoms with Gasteiger partial charge in [0.05, 0.1) is 16.7 Å². The van der Waals surface area contributed by atoms with Gasteiger partial charge in [0.25, 0.3) is 5.91 Å². The van der Waals surface area contributed by atoms with Crippen molar-refractivity contribution in [1.82, 2.24) is 4.90 Å². The van der Waals surface area contributed by atoms with Gasteiger partial charge in [-0.1, -0.05) is 0 Å². The van der Waals surface area contributed by atoms with Crippen molar-refractivity contribution in [3.8, 4) is 0 Å². The quantitative estimate of drug-likeness (QED) is 0.467. The molecule has 3 rings (SSSR count). The molecule has 2 aromatic rings. The molecule has 0 bridgehead atoms. The van der Waals surface area contributed by atoms with E-state index in [0.29, 0.717) is 22.3 Å². The highest BCUT2D eigenvalue weighted by molar-refractivity contribution is 8.18. The van der Waals surface area contributed by atoms with Gasteiger partial charge in [-0.15, -0.1) is 0 Å². The van der Waals surface area contributed by atoms with E-state index >= 15 is 0 Å². The topological polar surface area (TPSA) is 89.0 Å². The summed E-state index contributed by atoms with van der Waals surface area (Å²) in [5, 5.41) is 11.1. The number of rotatable bonds is 4. The number of likely N-dealkylation sites (N-methyl/N-ethyl adjacent to an activating group) is 1. The van der Waals surface area contributed by atoms with Crippen molar-refractivity contribution in [2.45, 2.75) is 6.92 Å². The van der Waals surface area contributed by atoms with E-state index in [1.54, 1.807) is 6.92 Å². The van der Waals surface area contributed by atoms with Gasteiger partial charge >= 0.3 is 5.88 Å². The Hall–Kier alpha value is -2.94. The molecule has 1 aliphatic rings. The Morgan fingerprint density at radius 1 is 1.32 bits per heavy atom. The van der Waals surface area contributed by atoms with Crippen molar-refractivity contribution in [1.29, 1.82) is 0 Å². The molecule has 0 spiro atoms. The Labute approximate surface area is 146 Å². The summed E-state index contributed by atoms with van der Waals surface area (Å²) in [6, 6.07) is 8.25. The van der Waals surface area contributed by atoms with E-state index in [2.05, 4.69) is 4.99 Å². The summed E-state index contributed by atoms with van der Waals surface area (Å²) in [6.07, 6.45) is 1.44. The van der Waals surface area contributed by atoms with Gasteiger partial charge in [0, 0.05) is 12.6 Å². The molecule has 25 heavy (non-hydrogen) atoms. The standard InChI is InChI=1S/C16H12FN3O4S/c1-2-19-15(21)13(9-12-7-8-14(24-12)20(22)23)25-16(19)18-11-5-3-10(17)4-6-11/h3-9H,2H2,1H3/b13-9+,18-16?. The predicted molar refractivity (Wildman–Crippen MR) is 91.8 cm³/mol. The van der Waals surface area contributed by atoms with E-state index < -0.39 is 10.8 Å². The molecule has 1 aliphatic heterocycles. The third kappa shape index (κ3) is 3.61. The van der Waals surface area contributed by atoms with Crippen LogP contribution >= 0.6 is 11.8 Å². The molecule has 9 heteroatoms. The van der Waals surface area contributed by atoms with Gasteiger partial charge in [0.1, 0.15) is 16.5 Å². The van der Waals surface area contributed by atoms with E-state index in [1.165, 1.54) is 47.4 Å². The molecule has 0 atom stereocenters. The average Bonchev–Trinajstić information content (AvgIpc) is 3.16. The number of furan rings is 1. The van der Waals surface area contributed by atoms with E-state index in [0.717, 1.165) is 11.8 Å². The van der Waals surface area contributed by atoms with Crippen molar-refractivity contribution in [2.24, 2.45) is 4.99 Å². The molecule has 0 unspecified atom stereocenters. The molecule has 2 heterocycles. The number of aliphatic imine (C=N–C) groups is 1. The highest BCUT2D eigenvalue weighted by Crippen LogP contribution is 2.34. The summed E-state index contributed by atoms with van der Waals surface area (Å²) in [4.78, 5) is 28.6. The van der Waals surface area contributed by atoms with Crippen LogP contribution in [-0.4, -0.2) is 27.4 Å². The predicted octanol–water partition coefficient (Wildman–Crippen LogP) is 3.95. The number of thioether (sulfide) groups is 1. The Balaban J connectivity index is 1.90. The molecule has 1 amide bonds. The van der Waals surface area contributed by atoms with Crippen molar-refractivity contribution in [2.75, 3.05) is 6.54 Å². The van der Waals surface area contributed by atoms with E-state index in [1.807, 2.05) is 0 Å². The van der Waals surface area contributed by atoms with Gasteiger partial charge in [0.15, 0.2) is 5.17 Å². The first-order valence-corrected chi connectivity index (χ1v) is 8.09. The maximum absolute atomic E-state index is 13.0. The Bertz CT molecular complexity index is 889. The van der Waals surface area contributed by atoms with Crippen molar-refractivity contribution < 1.29 is 18.5 Å². The number of nitro groups is 1. The smallest absolute Gasteiger partial charge is 0.401 e. The number of halogens is 1. The minimum atomic E-state index is -0.647. The normalized spacial score (nSPS) is 17.7. The lowest BCUT2D eigenvalue weighted by molar-refractivity contribution is -0.402. The largest absolute Gasteiger partial charge is 0.433 e. The number of hydrogen-bond donors (Lipinski definition) is 0. The molecule has 1 aromatic carbocycles. The molecule has 1 fully saturated rings. The minimum Gasteiger partial charge on any atom is -0.401 e. The van der Waals surface area contributed by atoms with Gasteiger partial charge in [-0.05, 0) is 49.0 Å². The van der Waals surface area contributed by atoms with Crippen molar-refractivity contribution in [3.63, 3.8) is 0 Å². The lowest BCUT2D eigenvalue weighted by Crippen LogP contribution is -2.28. The monoisotopic (exact) mass is 361 g/mol. The zero-order valence-electron chi connectivity index (χ0n) is 13.0. The second-order valence-corrected chi connectivity index (χ2v) is 5.97. The lowest BCUT2D eigenvalue weighted by Gasteiger charge is -2.11. The first kappa shape index (κ1) is 16.9. The second kappa shape index (κ2) is 6.89. The lowest BCUT2D eigenvalue weighted by atomic mass is 10.3. The van der Waals surface area contributed by atoms with Crippen molar-refractivity contribution >= 4 is 40.5 Å². The van der Waals surface area contributed by atoms with Crippen LogP contribution in [0.1, 0.15) is 12.7 Å². The molecule has 0 radical (unpaired) electrons. The maximum atomic E-state index is 13.0. The van der Waals surface area contributed by atoms with Crippen LogP contribution in [0, 0.1) is 15.9 Å². The van der Waals surface area contributed by atoms with E-state index in [4.69, 9.17) is 4.42 Å². The fourth-order valence-electron chi connectivity index (χ4n) is 2.14. The Morgan fingerprint density at radius 3 is 2.64 bits per heavy atom.